The molecule has 0 aliphatic rings. The molecule has 0 aliphatic carbocycles. The number of benzene rings is 2. The molecule has 0 amide bonds. The summed E-state index contributed by atoms with van der Waals surface area (Å²) in [6.45, 7) is 0. The Morgan fingerprint density at radius 3 is 2.45 bits per heavy atom. The summed E-state index contributed by atoms with van der Waals surface area (Å²) in [5, 5.41) is 4.10. The molecule has 22 heavy (non-hydrogen) atoms. The van der Waals surface area contributed by atoms with Crippen molar-refractivity contribution in [2.45, 2.75) is 6.42 Å². The van der Waals surface area contributed by atoms with Crippen molar-refractivity contribution in [1.29, 1.82) is 0 Å². The Hall–Kier alpha value is -2.88. The van der Waals surface area contributed by atoms with Crippen LogP contribution in [-0.4, -0.2) is 18.2 Å². The molecule has 0 atom stereocenters. The van der Waals surface area contributed by atoms with Gasteiger partial charge < -0.3 is 9.26 Å². The van der Waals surface area contributed by atoms with Gasteiger partial charge in [0.05, 0.1) is 13.5 Å². The lowest BCUT2D eigenvalue weighted by molar-refractivity contribution is -0.139. The maximum Gasteiger partial charge on any atom is 0.309 e. The summed E-state index contributed by atoms with van der Waals surface area (Å²) in [4.78, 5) is 11.2. The highest BCUT2D eigenvalue weighted by molar-refractivity contribution is 5.73. The molecule has 1 heterocycles. The lowest BCUT2D eigenvalue weighted by atomic mass is 10.1. The predicted molar refractivity (Wildman–Crippen MR) is 83.1 cm³/mol. The summed E-state index contributed by atoms with van der Waals surface area (Å²) in [5.41, 5.74) is 3.61. The molecule has 0 saturated carbocycles. The Morgan fingerprint density at radius 1 is 1.05 bits per heavy atom. The highest BCUT2D eigenvalue weighted by Crippen LogP contribution is 2.26. The zero-order valence-electron chi connectivity index (χ0n) is 12.2. The lowest BCUT2D eigenvalue weighted by Gasteiger charge is -2.01. The molecule has 0 saturated heterocycles. The molecule has 2 aromatic carbocycles. The number of hydrogen-bond acceptors (Lipinski definition) is 4. The van der Waals surface area contributed by atoms with Crippen molar-refractivity contribution in [1.82, 2.24) is 5.16 Å². The molecule has 4 nitrogen and oxygen atoms in total. The molecule has 0 unspecified atom stereocenters. The molecule has 0 fully saturated rings. The number of nitrogens with zero attached hydrogens (tertiary/aromatic N) is 1. The van der Waals surface area contributed by atoms with E-state index in [0.717, 1.165) is 28.1 Å². The fraction of sp³-hybridized carbons (Fsp3) is 0.111. The van der Waals surface area contributed by atoms with Gasteiger partial charge in [-0.2, -0.15) is 0 Å². The minimum atomic E-state index is -0.249. The number of carbonyl (C=O) groups is 1. The van der Waals surface area contributed by atoms with Crippen LogP contribution >= 0.6 is 0 Å². The van der Waals surface area contributed by atoms with E-state index in [9.17, 15) is 4.79 Å². The van der Waals surface area contributed by atoms with Crippen LogP contribution in [0.4, 0.5) is 0 Å². The summed E-state index contributed by atoms with van der Waals surface area (Å²) in [7, 11) is 1.39. The molecule has 0 aliphatic heterocycles. The number of esters is 1. The Kier molecular flexibility index (Phi) is 4.01. The Labute approximate surface area is 128 Å². The van der Waals surface area contributed by atoms with E-state index in [1.165, 1.54) is 7.11 Å². The fourth-order valence-electron chi connectivity index (χ4n) is 2.18. The fourth-order valence-corrected chi connectivity index (χ4v) is 2.18. The SMILES string of the molecule is COC(=O)Cc1ccc(-c2cc(-c3ccccc3)on2)cc1. The van der Waals surface area contributed by atoms with Crippen LogP contribution in [-0.2, 0) is 16.0 Å². The molecule has 0 spiro atoms. The minimum Gasteiger partial charge on any atom is -0.469 e. The largest absolute Gasteiger partial charge is 0.469 e. The normalized spacial score (nSPS) is 10.4. The average Bonchev–Trinajstić information content (AvgIpc) is 3.06. The number of aromatic nitrogens is 1. The number of hydrogen-bond donors (Lipinski definition) is 0. The molecular formula is C18H15NO3. The number of methoxy groups -OCH3 is 1. The lowest BCUT2D eigenvalue weighted by Crippen LogP contribution is -2.04. The summed E-state index contributed by atoms with van der Waals surface area (Å²) in [5.74, 6) is 0.481. The van der Waals surface area contributed by atoms with Crippen LogP contribution in [0, 0.1) is 0 Å². The van der Waals surface area contributed by atoms with Gasteiger partial charge >= 0.3 is 5.97 Å². The van der Waals surface area contributed by atoms with E-state index < -0.39 is 0 Å². The van der Waals surface area contributed by atoms with Crippen molar-refractivity contribution >= 4 is 5.97 Å². The van der Waals surface area contributed by atoms with Gasteiger partial charge in [-0.05, 0) is 5.56 Å². The highest BCUT2D eigenvalue weighted by atomic mass is 16.5. The highest BCUT2D eigenvalue weighted by Gasteiger charge is 2.09. The van der Waals surface area contributed by atoms with Crippen LogP contribution < -0.4 is 0 Å². The van der Waals surface area contributed by atoms with E-state index in [4.69, 9.17) is 4.52 Å². The van der Waals surface area contributed by atoms with Gasteiger partial charge in [0.1, 0.15) is 5.69 Å². The van der Waals surface area contributed by atoms with Crippen LogP contribution in [0.2, 0.25) is 0 Å². The average molecular weight is 293 g/mol. The van der Waals surface area contributed by atoms with Gasteiger partial charge in [-0.15, -0.1) is 0 Å². The third-order valence-corrected chi connectivity index (χ3v) is 3.39. The first-order valence-electron chi connectivity index (χ1n) is 6.94. The first-order chi connectivity index (χ1) is 10.8. The van der Waals surface area contributed by atoms with Gasteiger partial charge in [0.25, 0.3) is 0 Å². The van der Waals surface area contributed by atoms with Crippen molar-refractivity contribution in [2.75, 3.05) is 7.11 Å². The molecule has 0 bridgehead atoms. The topological polar surface area (TPSA) is 52.3 Å². The summed E-state index contributed by atoms with van der Waals surface area (Å²) in [6, 6.07) is 19.4. The van der Waals surface area contributed by atoms with Gasteiger partial charge in [0.15, 0.2) is 5.76 Å². The van der Waals surface area contributed by atoms with E-state index >= 15 is 0 Å². The molecule has 3 rings (SSSR count). The van der Waals surface area contributed by atoms with Crippen LogP contribution in [0.15, 0.2) is 65.2 Å². The van der Waals surface area contributed by atoms with Crippen LogP contribution in [0.1, 0.15) is 5.56 Å². The van der Waals surface area contributed by atoms with Crippen LogP contribution in [0.25, 0.3) is 22.6 Å². The monoisotopic (exact) mass is 293 g/mol. The Morgan fingerprint density at radius 2 is 1.77 bits per heavy atom. The van der Waals surface area contributed by atoms with Crippen molar-refractivity contribution in [3.05, 3.63) is 66.2 Å². The Balaban J connectivity index is 1.80. The number of ether oxygens (including phenoxy) is 1. The standard InChI is InChI=1S/C18H15NO3/c1-21-18(20)11-13-7-9-14(10-8-13)16-12-17(22-19-16)15-5-3-2-4-6-15/h2-10,12H,11H2,1H3. The molecular weight excluding hydrogens is 278 g/mol. The van der Waals surface area contributed by atoms with E-state index in [0.29, 0.717) is 0 Å². The first-order valence-corrected chi connectivity index (χ1v) is 6.94. The van der Waals surface area contributed by atoms with E-state index in [1.807, 2.05) is 60.7 Å². The second-order valence-electron chi connectivity index (χ2n) is 4.89. The Bertz CT molecular complexity index is 761. The zero-order valence-corrected chi connectivity index (χ0v) is 12.2. The maximum atomic E-state index is 11.2. The molecule has 0 radical (unpaired) electrons. The van der Waals surface area contributed by atoms with Crippen LogP contribution in [0.3, 0.4) is 0 Å². The quantitative estimate of drug-likeness (QED) is 0.688. The molecule has 3 aromatic rings. The molecule has 1 aromatic heterocycles. The van der Waals surface area contributed by atoms with Crippen molar-refractivity contribution in [3.63, 3.8) is 0 Å². The summed E-state index contributed by atoms with van der Waals surface area (Å²) >= 11 is 0. The second kappa shape index (κ2) is 6.26. The second-order valence-corrected chi connectivity index (χ2v) is 4.89. The summed E-state index contributed by atoms with van der Waals surface area (Å²) < 4.78 is 10.0. The van der Waals surface area contributed by atoms with Gasteiger partial charge in [0.2, 0.25) is 0 Å². The van der Waals surface area contributed by atoms with Crippen molar-refractivity contribution < 1.29 is 14.1 Å². The van der Waals surface area contributed by atoms with E-state index in [2.05, 4.69) is 9.89 Å². The number of rotatable bonds is 4. The zero-order chi connectivity index (χ0) is 15.4. The van der Waals surface area contributed by atoms with Gasteiger partial charge in [-0.1, -0.05) is 59.8 Å². The maximum absolute atomic E-state index is 11.2. The molecule has 4 heteroatoms. The smallest absolute Gasteiger partial charge is 0.309 e. The van der Waals surface area contributed by atoms with E-state index in [-0.39, 0.29) is 12.4 Å². The summed E-state index contributed by atoms with van der Waals surface area (Å²) in [6.07, 6.45) is 0.269. The van der Waals surface area contributed by atoms with Gasteiger partial charge in [0, 0.05) is 17.2 Å². The molecule has 0 N–H and O–H groups in total. The first kappa shape index (κ1) is 14.1. The minimum absolute atomic E-state index is 0.249. The van der Waals surface area contributed by atoms with Crippen molar-refractivity contribution in [3.8, 4) is 22.6 Å². The van der Waals surface area contributed by atoms with E-state index in [1.54, 1.807) is 0 Å². The molecule has 110 valence electrons. The van der Waals surface area contributed by atoms with Crippen molar-refractivity contribution in [2.24, 2.45) is 0 Å². The van der Waals surface area contributed by atoms with Gasteiger partial charge in [-0.25, -0.2) is 0 Å². The third-order valence-electron chi connectivity index (χ3n) is 3.39. The third kappa shape index (κ3) is 3.06. The predicted octanol–water partition coefficient (Wildman–Crippen LogP) is 3.72. The number of carbonyl (C=O) groups excluding carboxylic acids is 1. The van der Waals surface area contributed by atoms with Gasteiger partial charge in [-0.3, -0.25) is 4.79 Å². The van der Waals surface area contributed by atoms with Crippen LogP contribution in [0.5, 0.6) is 0 Å².